The Labute approximate surface area is 159 Å². The normalized spacial score (nSPS) is 10.3. The first-order chi connectivity index (χ1) is 12.5. The molecule has 6 heteroatoms. The number of ether oxygens (including phenoxy) is 2. The molecule has 0 atom stereocenters. The Morgan fingerprint density at radius 1 is 1.12 bits per heavy atom. The second-order valence-electron chi connectivity index (χ2n) is 5.96. The Balaban J connectivity index is 2.15. The minimum atomic E-state index is -0.226. The minimum absolute atomic E-state index is 0.226. The molecule has 2 aromatic carbocycles. The quantitative estimate of drug-likeness (QED) is 0.715. The van der Waals surface area contributed by atoms with E-state index in [0.717, 1.165) is 25.1 Å². The lowest BCUT2D eigenvalue weighted by Gasteiger charge is -2.19. The van der Waals surface area contributed by atoms with Crippen molar-refractivity contribution in [2.24, 2.45) is 0 Å². The van der Waals surface area contributed by atoms with Crippen LogP contribution in [-0.2, 0) is 0 Å². The fourth-order valence-electron chi connectivity index (χ4n) is 2.54. The minimum Gasteiger partial charge on any atom is -0.495 e. The first-order valence-corrected chi connectivity index (χ1v) is 8.92. The van der Waals surface area contributed by atoms with E-state index in [2.05, 4.69) is 24.2 Å². The Morgan fingerprint density at radius 2 is 1.77 bits per heavy atom. The molecule has 140 valence electrons. The van der Waals surface area contributed by atoms with Crippen LogP contribution in [0.25, 0.3) is 0 Å². The van der Waals surface area contributed by atoms with E-state index < -0.39 is 0 Å². The molecular formula is C20H25ClN2O3. The number of carbonyl (C=O) groups is 1. The Hall–Kier alpha value is -2.40. The fourth-order valence-corrected chi connectivity index (χ4v) is 2.78. The molecule has 0 unspecified atom stereocenters. The molecule has 5 nitrogen and oxygen atoms in total. The number of hydrogen-bond acceptors (Lipinski definition) is 4. The first-order valence-electron chi connectivity index (χ1n) is 8.54. The molecule has 0 bridgehead atoms. The third-order valence-electron chi connectivity index (χ3n) is 4.14. The van der Waals surface area contributed by atoms with Gasteiger partial charge in [0.05, 0.1) is 24.9 Å². The number of carbonyl (C=O) groups excluding carboxylic acids is 1. The number of anilines is 2. The van der Waals surface area contributed by atoms with Crippen molar-refractivity contribution in [2.45, 2.75) is 19.8 Å². The van der Waals surface area contributed by atoms with E-state index in [-0.39, 0.29) is 5.91 Å². The van der Waals surface area contributed by atoms with Crippen LogP contribution in [0.3, 0.4) is 0 Å². The Bertz CT molecular complexity index is 747. The molecule has 0 aliphatic rings. The van der Waals surface area contributed by atoms with E-state index in [1.165, 1.54) is 14.2 Å². The highest BCUT2D eigenvalue weighted by atomic mass is 35.5. The topological polar surface area (TPSA) is 50.8 Å². The summed E-state index contributed by atoms with van der Waals surface area (Å²) in [5.74, 6) is 0.714. The number of benzene rings is 2. The van der Waals surface area contributed by atoms with Gasteiger partial charge in [-0.3, -0.25) is 4.79 Å². The molecule has 0 saturated heterocycles. The van der Waals surface area contributed by atoms with Crippen molar-refractivity contribution in [3.8, 4) is 11.5 Å². The lowest BCUT2D eigenvalue weighted by Crippen LogP contribution is -2.18. The summed E-state index contributed by atoms with van der Waals surface area (Å²) in [6.45, 7) is 3.16. The molecule has 0 aliphatic carbocycles. The van der Waals surface area contributed by atoms with Gasteiger partial charge >= 0.3 is 0 Å². The largest absolute Gasteiger partial charge is 0.495 e. The average Bonchev–Trinajstić information content (AvgIpc) is 2.67. The standard InChI is InChI=1S/C20H25ClN2O3/c1-5-6-11-23(2)15-9-7-14(8-10-15)20(24)22-17-13-18(25-3)16(21)12-19(17)26-4/h7-10,12-13H,5-6,11H2,1-4H3,(H,22,24). The third-order valence-corrected chi connectivity index (χ3v) is 4.43. The summed E-state index contributed by atoms with van der Waals surface area (Å²) in [5, 5.41) is 3.26. The van der Waals surface area contributed by atoms with Crippen LogP contribution >= 0.6 is 11.6 Å². The maximum Gasteiger partial charge on any atom is 0.255 e. The highest BCUT2D eigenvalue weighted by Crippen LogP contribution is 2.36. The van der Waals surface area contributed by atoms with Crippen molar-refractivity contribution in [1.82, 2.24) is 0 Å². The van der Waals surface area contributed by atoms with Gasteiger partial charge in [-0.2, -0.15) is 0 Å². The van der Waals surface area contributed by atoms with E-state index in [1.54, 1.807) is 12.1 Å². The molecule has 1 amide bonds. The number of rotatable bonds is 8. The van der Waals surface area contributed by atoms with Gasteiger partial charge in [0.25, 0.3) is 5.91 Å². The molecule has 0 aliphatic heterocycles. The Kier molecular flexibility index (Phi) is 7.16. The molecule has 0 heterocycles. The number of nitrogens with zero attached hydrogens (tertiary/aromatic N) is 1. The molecule has 0 radical (unpaired) electrons. The van der Waals surface area contributed by atoms with E-state index >= 15 is 0 Å². The predicted octanol–water partition coefficient (Wildman–Crippen LogP) is 4.85. The van der Waals surface area contributed by atoms with Crippen LogP contribution in [0.5, 0.6) is 11.5 Å². The van der Waals surface area contributed by atoms with Crippen LogP contribution < -0.4 is 19.7 Å². The second-order valence-corrected chi connectivity index (χ2v) is 6.37. The molecule has 0 fully saturated rings. The molecule has 0 saturated carbocycles. The van der Waals surface area contributed by atoms with Crippen molar-refractivity contribution < 1.29 is 14.3 Å². The van der Waals surface area contributed by atoms with Crippen LogP contribution in [0.15, 0.2) is 36.4 Å². The van der Waals surface area contributed by atoms with Crippen molar-refractivity contribution >= 4 is 28.9 Å². The molecule has 1 N–H and O–H groups in total. The monoisotopic (exact) mass is 376 g/mol. The summed E-state index contributed by atoms with van der Waals surface area (Å²) >= 11 is 6.09. The highest BCUT2D eigenvalue weighted by Gasteiger charge is 2.14. The van der Waals surface area contributed by atoms with Gasteiger partial charge in [0.15, 0.2) is 0 Å². The number of unbranched alkanes of at least 4 members (excludes halogenated alkanes) is 1. The number of amides is 1. The van der Waals surface area contributed by atoms with Crippen LogP contribution in [0.4, 0.5) is 11.4 Å². The smallest absolute Gasteiger partial charge is 0.255 e. The van der Waals surface area contributed by atoms with Gasteiger partial charge in [0, 0.05) is 37.0 Å². The van der Waals surface area contributed by atoms with E-state index in [0.29, 0.717) is 27.8 Å². The van der Waals surface area contributed by atoms with Gasteiger partial charge in [-0.15, -0.1) is 0 Å². The molecular weight excluding hydrogens is 352 g/mol. The number of hydrogen-bond donors (Lipinski definition) is 1. The van der Waals surface area contributed by atoms with Gasteiger partial charge < -0.3 is 19.7 Å². The summed E-state index contributed by atoms with van der Waals surface area (Å²) in [7, 11) is 5.09. The van der Waals surface area contributed by atoms with Crippen LogP contribution in [0.2, 0.25) is 5.02 Å². The van der Waals surface area contributed by atoms with Gasteiger partial charge in [-0.25, -0.2) is 0 Å². The summed E-state index contributed by atoms with van der Waals surface area (Å²) < 4.78 is 10.5. The molecule has 2 aromatic rings. The third kappa shape index (κ3) is 4.82. The Morgan fingerprint density at radius 3 is 2.35 bits per heavy atom. The highest BCUT2D eigenvalue weighted by molar-refractivity contribution is 6.32. The fraction of sp³-hybridized carbons (Fsp3) is 0.350. The number of methoxy groups -OCH3 is 2. The molecule has 0 spiro atoms. The van der Waals surface area contributed by atoms with Crippen molar-refractivity contribution in [3.05, 3.63) is 47.0 Å². The van der Waals surface area contributed by atoms with Gasteiger partial charge in [0.2, 0.25) is 0 Å². The van der Waals surface area contributed by atoms with E-state index in [4.69, 9.17) is 21.1 Å². The average molecular weight is 377 g/mol. The zero-order valence-electron chi connectivity index (χ0n) is 15.6. The van der Waals surface area contributed by atoms with E-state index in [1.807, 2.05) is 24.3 Å². The van der Waals surface area contributed by atoms with Gasteiger partial charge in [-0.1, -0.05) is 24.9 Å². The lowest BCUT2D eigenvalue weighted by molar-refractivity contribution is 0.102. The van der Waals surface area contributed by atoms with Gasteiger partial charge in [-0.05, 0) is 30.7 Å². The molecule has 2 rings (SSSR count). The molecule has 0 aromatic heterocycles. The maximum absolute atomic E-state index is 12.6. The second kappa shape index (κ2) is 9.34. The summed E-state index contributed by atoms with van der Waals surface area (Å²) in [6.07, 6.45) is 2.29. The van der Waals surface area contributed by atoms with Crippen LogP contribution in [-0.4, -0.2) is 33.7 Å². The zero-order chi connectivity index (χ0) is 19.1. The van der Waals surface area contributed by atoms with Gasteiger partial charge in [0.1, 0.15) is 11.5 Å². The number of nitrogens with one attached hydrogen (secondary N) is 1. The van der Waals surface area contributed by atoms with Crippen LogP contribution in [0.1, 0.15) is 30.1 Å². The first kappa shape index (κ1) is 19.9. The zero-order valence-corrected chi connectivity index (χ0v) is 16.4. The SMILES string of the molecule is CCCCN(C)c1ccc(C(=O)Nc2cc(OC)c(Cl)cc2OC)cc1. The maximum atomic E-state index is 12.6. The summed E-state index contributed by atoms with van der Waals surface area (Å²) in [6, 6.07) is 10.8. The van der Waals surface area contributed by atoms with Crippen molar-refractivity contribution in [3.63, 3.8) is 0 Å². The van der Waals surface area contributed by atoms with E-state index in [9.17, 15) is 4.79 Å². The number of halogens is 1. The van der Waals surface area contributed by atoms with Crippen molar-refractivity contribution in [1.29, 1.82) is 0 Å². The lowest BCUT2D eigenvalue weighted by atomic mass is 10.1. The molecule has 26 heavy (non-hydrogen) atoms. The van der Waals surface area contributed by atoms with Crippen molar-refractivity contribution in [2.75, 3.05) is 38.0 Å². The predicted molar refractivity (Wildman–Crippen MR) is 107 cm³/mol. The summed E-state index contributed by atoms with van der Waals surface area (Å²) in [4.78, 5) is 14.7. The van der Waals surface area contributed by atoms with Crippen LogP contribution in [0, 0.1) is 0 Å². The summed E-state index contributed by atoms with van der Waals surface area (Å²) in [5.41, 5.74) is 2.15.